The third kappa shape index (κ3) is 2.82. The molecule has 0 radical (unpaired) electrons. The fourth-order valence-corrected chi connectivity index (χ4v) is 3.32. The van der Waals surface area contributed by atoms with Crippen LogP contribution in [0.1, 0.15) is 61.3 Å². The van der Waals surface area contributed by atoms with Crippen molar-refractivity contribution in [3.8, 4) is 11.1 Å². The summed E-state index contributed by atoms with van der Waals surface area (Å²) >= 11 is 0. The van der Waals surface area contributed by atoms with Gasteiger partial charge >= 0.3 is 0 Å². The normalized spacial score (nSPS) is 16.9. The van der Waals surface area contributed by atoms with Gasteiger partial charge in [-0.15, -0.1) is 0 Å². The number of hydrogen-bond acceptors (Lipinski definition) is 3. The third-order valence-corrected chi connectivity index (χ3v) is 4.77. The molecule has 0 spiro atoms. The zero-order valence-electron chi connectivity index (χ0n) is 13.0. The van der Waals surface area contributed by atoms with Crippen molar-refractivity contribution in [2.45, 2.75) is 58.3 Å². The smallest absolute Gasteiger partial charge is 0.175 e. The molecular formula is C18H24N2O. The number of nitrogens with two attached hydrogens (primary N) is 1. The summed E-state index contributed by atoms with van der Waals surface area (Å²) in [4.78, 5) is 0. The van der Waals surface area contributed by atoms with Crippen LogP contribution < -0.4 is 5.73 Å². The van der Waals surface area contributed by atoms with Crippen molar-refractivity contribution in [3.63, 3.8) is 0 Å². The summed E-state index contributed by atoms with van der Waals surface area (Å²) in [5.74, 6) is 1.99. The molecule has 0 saturated heterocycles. The summed E-state index contributed by atoms with van der Waals surface area (Å²) in [6, 6.07) is 6.47. The molecule has 0 atom stereocenters. The van der Waals surface area contributed by atoms with Crippen molar-refractivity contribution in [1.82, 2.24) is 5.16 Å². The van der Waals surface area contributed by atoms with Gasteiger partial charge in [0.1, 0.15) is 5.76 Å². The van der Waals surface area contributed by atoms with Gasteiger partial charge in [-0.25, -0.2) is 0 Å². The molecule has 3 heteroatoms. The molecule has 112 valence electrons. The Morgan fingerprint density at radius 3 is 2.43 bits per heavy atom. The van der Waals surface area contributed by atoms with Crippen LogP contribution in [0.4, 0.5) is 5.82 Å². The van der Waals surface area contributed by atoms with Crippen LogP contribution in [-0.2, 0) is 0 Å². The van der Waals surface area contributed by atoms with E-state index in [1.165, 1.54) is 49.7 Å². The summed E-state index contributed by atoms with van der Waals surface area (Å²) in [6.45, 7) is 4.26. The lowest BCUT2D eigenvalue weighted by Crippen LogP contribution is -1.99. The molecule has 1 aliphatic carbocycles. The predicted molar refractivity (Wildman–Crippen MR) is 86.3 cm³/mol. The van der Waals surface area contributed by atoms with Crippen molar-refractivity contribution < 1.29 is 4.52 Å². The van der Waals surface area contributed by atoms with Gasteiger partial charge in [0.25, 0.3) is 0 Å². The van der Waals surface area contributed by atoms with E-state index < -0.39 is 0 Å². The minimum absolute atomic E-state index is 0.467. The molecule has 2 N–H and O–H groups in total. The first-order valence-corrected chi connectivity index (χ1v) is 7.99. The maximum Gasteiger partial charge on any atom is 0.175 e. The van der Waals surface area contributed by atoms with E-state index >= 15 is 0 Å². The van der Waals surface area contributed by atoms with E-state index in [9.17, 15) is 0 Å². The first kappa shape index (κ1) is 14.2. The van der Waals surface area contributed by atoms with Crippen molar-refractivity contribution in [1.29, 1.82) is 0 Å². The molecule has 1 aliphatic rings. The quantitative estimate of drug-likeness (QED) is 0.791. The van der Waals surface area contributed by atoms with Gasteiger partial charge in [0, 0.05) is 5.92 Å². The summed E-state index contributed by atoms with van der Waals surface area (Å²) in [5, 5.41) is 4.05. The molecule has 0 aliphatic heterocycles. The molecule has 1 heterocycles. The molecule has 0 amide bonds. The van der Waals surface area contributed by atoms with Gasteiger partial charge in [-0.2, -0.15) is 0 Å². The minimum Gasteiger partial charge on any atom is -0.380 e. The first-order chi connectivity index (χ1) is 10.2. The largest absolute Gasteiger partial charge is 0.380 e. The van der Waals surface area contributed by atoms with Crippen molar-refractivity contribution in [2.24, 2.45) is 0 Å². The Morgan fingerprint density at radius 2 is 1.76 bits per heavy atom. The van der Waals surface area contributed by atoms with Crippen molar-refractivity contribution >= 4 is 5.82 Å². The van der Waals surface area contributed by atoms with Gasteiger partial charge in [-0.1, -0.05) is 49.0 Å². The Balaban J connectivity index is 2.01. The highest BCUT2D eigenvalue weighted by atomic mass is 16.5. The molecule has 0 bridgehead atoms. The van der Waals surface area contributed by atoms with E-state index in [2.05, 4.69) is 37.2 Å². The zero-order chi connectivity index (χ0) is 14.8. The summed E-state index contributed by atoms with van der Waals surface area (Å²) < 4.78 is 5.64. The molecule has 3 rings (SSSR count). The van der Waals surface area contributed by atoms with Crippen LogP contribution in [0.25, 0.3) is 11.1 Å². The summed E-state index contributed by atoms with van der Waals surface area (Å²) in [6.07, 6.45) is 7.59. The number of rotatable bonds is 2. The molecule has 0 unspecified atom stereocenters. The molecule has 1 fully saturated rings. The van der Waals surface area contributed by atoms with Crippen LogP contribution in [0.2, 0.25) is 0 Å². The van der Waals surface area contributed by atoms with Gasteiger partial charge in [0.2, 0.25) is 0 Å². The van der Waals surface area contributed by atoms with Crippen LogP contribution in [-0.4, -0.2) is 5.16 Å². The average Bonchev–Trinajstić information content (AvgIpc) is 2.69. The zero-order valence-corrected chi connectivity index (χ0v) is 13.0. The van der Waals surface area contributed by atoms with Crippen LogP contribution >= 0.6 is 0 Å². The molecule has 2 aromatic rings. The van der Waals surface area contributed by atoms with Crippen LogP contribution in [0.3, 0.4) is 0 Å². The Kier molecular flexibility index (Phi) is 4.00. The molecule has 21 heavy (non-hydrogen) atoms. The topological polar surface area (TPSA) is 52.0 Å². The second kappa shape index (κ2) is 5.92. The van der Waals surface area contributed by atoms with Crippen molar-refractivity contribution in [2.75, 3.05) is 5.73 Å². The molecular weight excluding hydrogens is 260 g/mol. The number of benzene rings is 1. The van der Waals surface area contributed by atoms with Crippen molar-refractivity contribution in [3.05, 3.63) is 35.1 Å². The number of aryl methyl sites for hydroxylation is 2. The highest BCUT2D eigenvalue weighted by molar-refractivity contribution is 5.76. The third-order valence-electron chi connectivity index (χ3n) is 4.77. The number of hydrogen-bond donors (Lipinski definition) is 1. The molecule has 1 aromatic heterocycles. The van der Waals surface area contributed by atoms with Gasteiger partial charge < -0.3 is 10.3 Å². The Labute approximate surface area is 126 Å². The Bertz CT molecular complexity index is 622. The lowest BCUT2D eigenvalue weighted by atomic mass is 9.91. The number of nitrogen functional groups attached to an aromatic ring is 1. The first-order valence-electron chi connectivity index (χ1n) is 7.99. The van der Waals surface area contributed by atoms with Crippen LogP contribution in [0.5, 0.6) is 0 Å². The Morgan fingerprint density at radius 1 is 1.05 bits per heavy atom. The standard InChI is InChI=1S/C18H24N2O/c1-12-9-10-15(11-13(12)2)16-17(21-20-18(16)19)14-7-5-3-4-6-8-14/h9-11,14H,3-8H2,1-2H3,(H2,19,20). The maximum atomic E-state index is 6.10. The SMILES string of the molecule is Cc1ccc(-c2c(N)noc2C2CCCCCC2)cc1C. The van der Waals surface area contributed by atoms with E-state index in [4.69, 9.17) is 10.3 Å². The summed E-state index contributed by atoms with van der Waals surface area (Å²) in [5.41, 5.74) is 10.8. The Hall–Kier alpha value is -1.77. The van der Waals surface area contributed by atoms with E-state index in [0.29, 0.717) is 11.7 Å². The fraction of sp³-hybridized carbons (Fsp3) is 0.500. The summed E-state index contributed by atoms with van der Waals surface area (Å²) in [7, 11) is 0. The fourth-order valence-electron chi connectivity index (χ4n) is 3.32. The molecule has 1 aromatic carbocycles. The monoisotopic (exact) mass is 284 g/mol. The number of anilines is 1. The van der Waals surface area contributed by atoms with Crippen LogP contribution in [0, 0.1) is 13.8 Å². The van der Waals surface area contributed by atoms with Crippen LogP contribution in [0.15, 0.2) is 22.7 Å². The van der Waals surface area contributed by atoms with Gasteiger partial charge in [-0.05, 0) is 43.4 Å². The average molecular weight is 284 g/mol. The predicted octanol–water partition coefficient (Wildman–Crippen LogP) is 4.98. The lowest BCUT2D eigenvalue weighted by molar-refractivity contribution is 0.350. The second-order valence-corrected chi connectivity index (χ2v) is 6.29. The van der Waals surface area contributed by atoms with Gasteiger partial charge in [0.05, 0.1) is 5.56 Å². The highest BCUT2D eigenvalue weighted by Gasteiger charge is 2.25. The highest BCUT2D eigenvalue weighted by Crippen LogP contribution is 2.40. The van der Waals surface area contributed by atoms with E-state index in [1.54, 1.807) is 0 Å². The van der Waals surface area contributed by atoms with E-state index in [0.717, 1.165) is 16.9 Å². The molecule has 1 saturated carbocycles. The van der Waals surface area contributed by atoms with E-state index in [1.807, 2.05) is 0 Å². The van der Waals surface area contributed by atoms with Gasteiger partial charge in [-0.3, -0.25) is 0 Å². The minimum atomic E-state index is 0.467. The van der Waals surface area contributed by atoms with E-state index in [-0.39, 0.29) is 0 Å². The number of aromatic nitrogens is 1. The lowest BCUT2D eigenvalue weighted by Gasteiger charge is -2.13. The number of nitrogens with zero attached hydrogens (tertiary/aromatic N) is 1. The molecule has 3 nitrogen and oxygen atoms in total. The maximum absolute atomic E-state index is 6.10. The second-order valence-electron chi connectivity index (χ2n) is 6.29. The van der Waals surface area contributed by atoms with Gasteiger partial charge in [0.15, 0.2) is 5.82 Å².